The van der Waals surface area contributed by atoms with Gasteiger partial charge in [0.2, 0.25) is 0 Å². The Labute approximate surface area is 301 Å². The summed E-state index contributed by atoms with van der Waals surface area (Å²) < 4.78 is 42.5. The van der Waals surface area contributed by atoms with E-state index in [1.165, 1.54) is 17.4 Å². The highest BCUT2D eigenvalue weighted by Crippen LogP contribution is 2.55. The average Bonchev–Trinajstić information content (AvgIpc) is 3.92. The molecule has 0 aliphatic heterocycles. The van der Waals surface area contributed by atoms with E-state index in [1.54, 1.807) is 43.0 Å². The third-order valence-electron chi connectivity index (χ3n) is 8.03. The minimum Gasteiger partial charge on any atom is -0.497 e. The van der Waals surface area contributed by atoms with E-state index < -0.39 is 10.1 Å². The standard InChI is InChI=1S/C38H25N3O5S4/c1-45-28-11-7-26(8-12-28)41(27-9-13-29(46-2)14-10-27)25-5-3-23(4-6-25)33-15-16-34(48-33)35-20-32-36(24(21-39)22-40)31-19-30(17-18-50(42,43)44)47-37(31)38(32)49-35/h3-20H,1-2H3,(H,42,43,44)/b18-17+. The van der Waals surface area contributed by atoms with Crippen LogP contribution in [0.15, 0.2) is 108 Å². The van der Waals surface area contributed by atoms with Crippen LogP contribution in [0.1, 0.15) is 16.0 Å². The summed E-state index contributed by atoms with van der Waals surface area (Å²) in [6.07, 6.45) is 1.31. The van der Waals surface area contributed by atoms with Crippen LogP contribution in [-0.2, 0) is 10.1 Å². The number of allylic oxidation sites excluding steroid dienone is 1. The minimum absolute atomic E-state index is 0.0114. The van der Waals surface area contributed by atoms with Gasteiger partial charge in [0, 0.05) is 53.3 Å². The molecule has 1 aliphatic carbocycles. The second-order valence-corrected chi connectivity index (χ2v) is 15.5. The van der Waals surface area contributed by atoms with Crippen LogP contribution < -0.4 is 14.4 Å². The third-order valence-corrected chi connectivity index (χ3v) is 12.2. The Morgan fingerprint density at radius 2 is 1.22 bits per heavy atom. The minimum atomic E-state index is -4.30. The van der Waals surface area contributed by atoms with Gasteiger partial charge in [-0.15, -0.1) is 34.0 Å². The smallest absolute Gasteiger partial charge is 0.287 e. The second kappa shape index (κ2) is 13.4. The van der Waals surface area contributed by atoms with Gasteiger partial charge in [-0.25, -0.2) is 0 Å². The van der Waals surface area contributed by atoms with Gasteiger partial charge >= 0.3 is 0 Å². The Kier molecular flexibility index (Phi) is 8.89. The van der Waals surface area contributed by atoms with Crippen molar-refractivity contribution in [3.8, 4) is 53.6 Å². The Morgan fingerprint density at radius 3 is 1.76 bits per heavy atom. The quantitative estimate of drug-likeness (QED) is 0.115. The van der Waals surface area contributed by atoms with Crippen LogP contribution in [0, 0.1) is 22.7 Å². The van der Waals surface area contributed by atoms with Crippen LogP contribution in [0.5, 0.6) is 11.5 Å². The number of nitrogens with zero attached hydrogens (tertiary/aromatic N) is 3. The highest BCUT2D eigenvalue weighted by molar-refractivity contribution is 7.88. The molecular formula is C38H25N3O5S4. The van der Waals surface area contributed by atoms with Crippen molar-refractivity contribution >= 4 is 72.8 Å². The fraction of sp³-hybridized carbons (Fsp3) is 0.0526. The van der Waals surface area contributed by atoms with Crippen molar-refractivity contribution in [3.05, 3.63) is 124 Å². The Bertz CT molecular complexity index is 2430. The molecule has 3 aromatic carbocycles. The van der Waals surface area contributed by atoms with Crippen LogP contribution in [0.25, 0.3) is 41.6 Å². The van der Waals surface area contributed by atoms with E-state index >= 15 is 0 Å². The Hall–Kier alpha value is -5.47. The zero-order valence-corrected chi connectivity index (χ0v) is 29.7. The fourth-order valence-electron chi connectivity index (χ4n) is 5.73. The first-order valence-electron chi connectivity index (χ1n) is 15.0. The topological polar surface area (TPSA) is 124 Å². The number of hydrogen-bond acceptors (Lipinski definition) is 10. The molecule has 0 bridgehead atoms. The molecule has 1 aliphatic rings. The number of thiophene rings is 3. The van der Waals surface area contributed by atoms with Gasteiger partial charge < -0.3 is 14.4 Å². The van der Waals surface area contributed by atoms with E-state index in [2.05, 4.69) is 41.3 Å². The van der Waals surface area contributed by atoms with Gasteiger partial charge in [0.05, 0.1) is 29.4 Å². The number of nitriles is 2. The molecule has 8 nitrogen and oxygen atoms in total. The number of benzene rings is 3. The highest BCUT2D eigenvalue weighted by Gasteiger charge is 2.32. The molecule has 0 unspecified atom stereocenters. The molecule has 0 saturated carbocycles. The maximum Gasteiger partial charge on any atom is 0.287 e. The average molecular weight is 732 g/mol. The molecule has 0 fully saturated rings. The van der Waals surface area contributed by atoms with Crippen LogP contribution >= 0.6 is 34.0 Å². The molecule has 12 heteroatoms. The zero-order chi connectivity index (χ0) is 35.0. The van der Waals surface area contributed by atoms with Crippen molar-refractivity contribution in [1.82, 2.24) is 0 Å². The summed E-state index contributed by atoms with van der Waals surface area (Å²) in [5, 5.41) is 20.3. The summed E-state index contributed by atoms with van der Waals surface area (Å²) >= 11 is 4.56. The van der Waals surface area contributed by atoms with Crippen molar-refractivity contribution in [2.24, 2.45) is 0 Å². The number of fused-ring (bicyclic) bond motifs is 3. The van der Waals surface area contributed by atoms with Crippen molar-refractivity contribution in [2.75, 3.05) is 19.1 Å². The van der Waals surface area contributed by atoms with Crippen LogP contribution in [0.4, 0.5) is 17.1 Å². The summed E-state index contributed by atoms with van der Waals surface area (Å²) in [6.45, 7) is 0. The van der Waals surface area contributed by atoms with E-state index in [0.717, 1.165) is 69.5 Å². The predicted molar refractivity (Wildman–Crippen MR) is 202 cm³/mol. The van der Waals surface area contributed by atoms with Gasteiger partial charge in [0.1, 0.15) is 29.2 Å². The largest absolute Gasteiger partial charge is 0.497 e. The summed E-state index contributed by atoms with van der Waals surface area (Å²) in [4.78, 5) is 7.65. The van der Waals surface area contributed by atoms with Gasteiger partial charge in [0.25, 0.3) is 10.1 Å². The molecule has 0 saturated heterocycles. The van der Waals surface area contributed by atoms with Gasteiger partial charge in [-0.3, -0.25) is 4.55 Å². The number of hydrogen-bond donors (Lipinski definition) is 1. The molecule has 7 rings (SSSR count). The molecule has 0 spiro atoms. The number of rotatable bonds is 9. The summed E-state index contributed by atoms with van der Waals surface area (Å²) in [6, 6.07) is 36.2. The Balaban J connectivity index is 1.21. The van der Waals surface area contributed by atoms with E-state index in [1.807, 2.05) is 66.7 Å². The summed E-state index contributed by atoms with van der Waals surface area (Å²) in [5.41, 5.74) is 6.05. The highest BCUT2D eigenvalue weighted by atomic mass is 32.2. The molecule has 0 amide bonds. The first-order valence-corrected chi connectivity index (χ1v) is 18.9. The number of ether oxygens (including phenoxy) is 2. The molecule has 3 heterocycles. The Morgan fingerprint density at radius 1 is 0.700 bits per heavy atom. The van der Waals surface area contributed by atoms with Gasteiger partial charge in [-0.05, 0) is 96.6 Å². The predicted octanol–water partition coefficient (Wildman–Crippen LogP) is 10.4. The first-order chi connectivity index (χ1) is 24.2. The van der Waals surface area contributed by atoms with Crippen molar-refractivity contribution in [2.45, 2.75) is 0 Å². The lowest BCUT2D eigenvalue weighted by molar-refractivity contribution is 0.415. The SMILES string of the molecule is COc1ccc(N(c2ccc(OC)cc2)c2ccc(-c3ccc(-c4cc5c(s4)-c4sc(/C=C/S(=O)(=O)O)cc4C5=C(C#N)C#N)s3)cc2)cc1. The maximum atomic E-state index is 11.3. The van der Waals surface area contributed by atoms with Gasteiger partial charge in [-0.2, -0.15) is 18.9 Å². The molecule has 3 aromatic heterocycles. The molecule has 1 N–H and O–H groups in total. The van der Waals surface area contributed by atoms with Crippen molar-refractivity contribution < 1.29 is 22.4 Å². The molecule has 0 atom stereocenters. The number of anilines is 3. The van der Waals surface area contributed by atoms with Crippen molar-refractivity contribution in [3.63, 3.8) is 0 Å². The molecule has 246 valence electrons. The monoisotopic (exact) mass is 731 g/mol. The molecular weight excluding hydrogens is 707 g/mol. The normalized spacial score (nSPS) is 11.9. The van der Waals surface area contributed by atoms with Gasteiger partial charge in [0.15, 0.2) is 0 Å². The van der Waals surface area contributed by atoms with E-state index in [9.17, 15) is 18.9 Å². The van der Waals surface area contributed by atoms with Crippen LogP contribution in [0.2, 0.25) is 0 Å². The summed E-state index contributed by atoms with van der Waals surface area (Å²) in [7, 11) is -1.00. The van der Waals surface area contributed by atoms with Crippen molar-refractivity contribution in [1.29, 1.82) is 10.5 Å². The van der Waals surface area contributed by atoms with E-state index in [0.29, 0.717) is 16.0 Å². The van der Waals surface area contributed by atoms with Gasteiger partial charge in [-0.1, -0.05) is 12.1 Å². The molecule has 50 heavy (non-hydrogen) atoms. The first kappa shape index (κ1) is 33.0. The molecule has 6 aromatic rings. The lowest BCUT2D eigenvalue weighted by Gasteiger charge is -2.26. The van der Waals surface area contributed by atoms with Crippen LogP contribution in [-0.4, -0.2) is 27.2 Å². The summed E-state index contributed by atoms with van der Waals surface area (Å²) in [5.74, 6) is 1.55. The zero-order valence-electron chi connectivity index (χ0n) is 26.4. The van der Waals surface area contributed by atoms with E-state index in [4.69, 9.17) is 14.0 Å². The second-order valence-electron chi connectivity index (χ2n) is 11.0. The fourth-order valence-corrected chi connectivity index (χ4v) is 9.62. The maximum absolute atomic E-state index is 11.3. The van der Waals surface area contributed by atoms with E-state index in [-0.39, 0.29) is 5.57 Å². The molecule has 0 radical (unpaired) electrons. The number of methoxy groups -OCH3 is 2. The lowest BCUT2D eigenvalue weighted by atomic mass is 10.0. The van der Waals surface area contributed by atoms with Crippen LogP contribution in [0.3, 0.4) is 0 Å². The third kappa shape index (κ3) is 6.34. The lowest BCUT2D eigenvalue weighted by Crippen LogP contribution is -2.09.